The number of nitrogens with one attached hydrogen (secondary N) is 2. The van der Waals surface area contributed by atoms with Crippen molar-refractivity contribution in [2.24, 2.45) is 5.92 Å². The summed E-state index contributed by atoms with van der Waals surface area (Å²) in [6.07, 6.45) is 2.53. The number of carbonyl (C=O) groups is 2. The molecule has 2 aliphatic rings. The molecule has 4 rings (SSSR count). The van der Waals surface area contributed by atoms with Crippen molar-refractivity contribution in [3.63, 3.8) is 0 Å². The number of anilines is 2. The van der Waals surface area contributed by atoms with E-state index in [4.69, 9.17) is 0 Å². The van der Waals surface area contributed by atoms with Gasteiger partial charge >= 0.3 is 0 Å². The van der Waals surface area contributed by atoms with Gasteiger partial charge in [-0.15, -0.1) is 0 Å². The van der Waals surface area contributed by atoms with Gasteiger partial charge in [-0.1, -0.05) is 12.1 Å². The highest BCUT2D eigenvalue weighted by atomic mass is 32.2. The molecule has 2 amide bonds. The zero-order valence-corrected chi connectivity index (χ0v) is 19.5. The van der Waals surface area contributed by atoms with Crippen molar-refractivity contribution in [1.29, 1.82) is 0 Å². The molecule has 1 fully saturated rings. The molecule has 2 aromatic rings. The van der Waals surface area contributed by atoms with E-state index in [1.807, 2.05) is 43.9 Å². The molecule has 8 heteroatoms. The first-order valence-electron chi connectivity index (χ1n) is 11.0. The molecule has 0 saturated heterocycles. The topological polar surface area (TPSA) is 95.6 Å². The van der Waals surface area contributed by atoms with Crippen LogP contribution in [0.3, 0.4) is 0 Å². The summed E-state index contributed by atoms with van der Waals surface area (Å²) < 4.78 is 28.0. The number of rotatable bonds is 7. The van der Waals surface area contributed by atoms with E-state index in [1.165, 1.54) is 6.07 Å². The highest BCUT2D eigenvalue weighted by Gasteiger charge is 2.39. The molecule has 2 N–H and O–H groups in total. The van der Waals surface area contributed by atoms with Gasteiger partial charge in [0.05, 0.1) is 4.90 Å². The average Bonchev–Trinajstić information content (AvgIpc) is 3.53. The van der Waals surface area contributed by atoms with Gasteiger partial charge in [0, 0.05) is 36.3 Å². The molecule has 0 radical (unpaired) electrons. The van der Waals surface area contributed by atoms with E-state index in [0.29, 0.717) is 6.42 Å². The van der Waals surface area contributed by atoms with Crippen molar-refractivity contribution in [2.45, 2.75) is 57.4 Å². The second-order valence-electron chi connectivity index (χ2n) is 8.77. The van der Waals surface area contributed by atoms with Crippen molar-refractivity contribution >= 4 is 33.2 Å². The van der Waals surface area contributed by atoms with E-state index in [0.717, 1.165) is 40.9 Å². The summed E-state index contributed by atoms with van der Waals surface area (Å²) in [4.78, 5) is 26.8. The number of sulfonamides is 1. The lowest BCUT2D eigenvalue weighted by Gasteiger charge is -2.22. The third-order valence-electron chi connectivity index (χ3n) is 6.26. The van der Waals surface area contributed by atoms with E-state index in [1.54, 1.807) is 12.1 Å². The summed E-state index contributed by atoms with van der Waals surface area (Å²) in [6.45, 7) is 5.89. The van der Waals surface area contributed by atoms with Crippen molar-refractivity contribution in [1.82, 2.24) is 4.72 Å². The number of hydrogen-bond donors (Lipinski definition) is 2. The van der Waals surface area contributed by atoms with Gasteiger partial charge in [0.25, 0.3) is 0 Å². The Hall–Kier alpha value is -2.71. The Morgan fingerprint density at radius 2 is 1.88 bits per heavy atom. The van der Waals surface area contributed by atoms with Gasteiger partial charge in [0.15, 0.2) is 0 Å². The number of benzene rings is 2. The number of nitrogens with zero attached hydrogens (tertiary/aromatic N) is 1. The van der Waals surface area contributed by atoms with Crippen LogP contribution in [0, 0.1) is 19.8 Å². The maximum absolute atomic E-state index is 12.8. The number of carbonyl (C=O) groups excluding carboxylic acids is 2. The van der Waals surface area contributed by atoms with Crippen LogP contribution in [0.2, 0.25) is 0 Å². The molecule has 0 spiro atoms. The van der Waals surface area contributed by atoms with E-state index >= 15 is 0 Å². The molecule has 2 aromatic carbocycles. The largest absolute Gasteiger partial charge is 0.326 e. The predicted octanol–water partition coefficient (Wildman–Crippen LogP) is 3.30. The highest BCUT2D eigenvalue weighted by Crippen LogP contribution is 2.39. The van der Waals surface area contributed by atoms with Gasteiger partial charge in [-0.05, 0) is 81.0 Å². The fraction of sp³-hybridized carbons (Fsp3) is 0.417. The molecule has 170 valence electrons. The van der Waals surface area contributed by atoms with Gasteiger partial charge in [-0.3, -0.25) is 9.59 Å². The van der Waals surface area contributed by atoms with Gasteiger partial charge in [-0.2, -0.15) is 0 Å². The zero-order chi connectivity index (χ0) is 23.0. The Bertz CT molecular complexity index is 1170. The first-order chi connectivity index (χ1) is 15.2. The smallest absolute Gasteiger partial charge is 0.240 e. The number of hydrogen-bond acceptors (Lipinski definition) is 4. The fourth-order valence-corrected chi connectivity index (χ4v) is 5.20. The van der Waals surface area contributed by atoms with Crippen molar-refractivity contribution in [3.8, 4) is 0 Å². The first kappa shape index (κ1) is 22.5. The highest BCUT2D eigenvalue weighted by molar-refractivity contribution is 7.89. The van der Waals surface area contributed by atoms with Gasteiger partial charge in [-0.25, -0.2) is 13.1 Å². The molecule has 0 bridgehead atoms. The maximum Gasteiger partial charge on any atom is 0.240 e. The van der Waals surface area contributed by atoms with Crippen LogP contribution in [0.25, 0.3) is 0 Å². The van der Waals surface area contributed by atoms with E-state index in [-0.39, 0.29) is 41.6 Å². The molecule has 0 unspecified atom stereocenters. The lowest BCUT2D eigenvalue weighted by molar-refractivity contribution is -0.120. The maximum atomic E-state index is 12.8. The summed E-state index contributed by atoms with van der Waals surface area (Å²) in [5.74, 6) is 0.00135. The Kier molecular flexibility index (Phi) is 6.09. The number of aryl methyl sites for hydroxylation is 1. The van der Waals surface area contributed by atoms with Gasteiger partial charge in [0.1, 0.15) is 0 Å². The zero-order valence-electron chi connectivity index (χ0n) is 18.6. The monoisotopic (exact) mass is 455 g/mol. The molecule has 7 nitrogen and oxygen atoms in total. The quantitative estimate of drug-likeness (QED) is 0.670. The Morgan fingerprint density at radius 1 is 1.12 bits per heavy atom. The molecule has 1 saturated carbocycles. The molecule has 1 atom stereocenters. The minimum absolute atomic E-state index is 0.00118. The molecule has 1 aliphatic heterocycles. The van der Waals surface area contributed by atoms with E-state index in [2.05, 4.69) is 10.0 Å². The van der Waals surface area contributed by atoms with Crippen LogP contribution in [-0.2, 0) is 26.0 Å². The molecule has 0 aromatic heterocycles. The Morgan fingerprint density at radius 3 is 2.59 bits per heavy atom. The molecule has 32 heavy (non-hydrogen) atoms. The van der Waals surface area contributed by atoms with E-state index in [9.17, 15) is 18.0 Å². The third-order valence-corrected chi connectivity index (χ3v) is 7.72. The van der Waals surface area contributed by atoms with Crippen LogP contribution in [0.5, 0.6) is 0 Å². The third kappa shape index (κ3) is 4.56. The average molecular weight is 456 g/mol. The molecule has 1 heterocycles. The standard InChI is InChI=1S/C24H29N3O4S/c1-15-5-4-6-21(17(15)3)26-23(28)11-12-25-32(30,31)20-9-10-22-19(14-20)13-16(2)27(22)24(29)18-7-8-18/h4-6,9-10,14,16,18,25H,7-8,11-13H2,1-3H3,(H,26,28)/t16-/m1/s1. The lowest BCUT2D eigenvalue weighted by atomic mass is 10.1. The van der Waals surface area contributed by atoms with Crippen LogP contribution in [0.1, 0.15) is 42.9 Å². The number of amides is 2. The van der Waals surface area contributed by atoms with Crippen molar-refractivity contribution in [3.05, 3.63) is 53.1 Å². The van der Waals surface area contributed by atoms with Crippen LogP contribution >= 0.6 is 0 Å². The van der Waals surface area contributed by atoms with Gasteiger partial charge < -0.3 is 10.2 Å². The lowest BCUT2D eigenvalue weighted by Crippen LogP contribution is -2.36. The van der Waals surface area contributed by atoms with E-state index < -0.39 is 10.0 Å². The second kappa shape index (κ2) is 8.67. The Balaban J connectivity index is 1.38. The summed E-state index contributed by atoms with van der Waals surface area (Å²) in [6, 6.07) is 10.6. The number of fused-ring (bicyclic) bond motifs is 1. The van der Waals surface area contributed by atoms with Crippen molar-refractivity contribution < 1.29 is 18.0 Å². The SMILES string of the molecule is Cc1cccc(NC(=O)CCNS(=O)(=O)c2ccc3c(c2)C[C@@H](C)N3C(=O)C2CC2)c1C. The van der Waals surface area contributed by atoms with Gasteiger partial charge in [0.2, 0.25) is 21.8 Å². The predicted molar refractivity (Wildman–Crippen MR) is 124 cm³/mol. The normalized spacial score (nSPS) is 17.8. The van der Waals surface area contributed by atoms with Crippen LogP contribution in [0.15, 0.2) is 41.3 Å². The van der Waals surface area contributed by atoms with Crippen LogP contribution in [-0.4, -0.2) is 32.8 Å². The minimum Gasteiger partial charge on any atom is -0.326 e. The fourth-order valence-electron chi connectivity index (χ4n) is 4.12. The summed E-state index contributed by atoms with van der Waals surface area (Å²) in [5, 5.41) is 2.83. The summed E-state index contributed by atoms with van der Waals surface area (Å²) in [7, 11) is -3.76. The van der Waals surface area contributed by atoms with Crippen LogP contribution < -0.4 is 14.9 Å². The molecule has 1 aliphatic carbocycles. The summed E-state index contributed by atoms with van der Waals surface area (Å²) in [5.41, 5.74) is 4.47. The van der Waals surface area contributed by atoms with Crippen molar-refractivity contribution in [2.75, 3.05) is 16.8 Å². The molecular formula is C24H29N3O4S. The Labute approximate surface area is 189 Å². The summed E-state index contributed by atoms with van der Waals surface area (Å²) >= 11 is 0. The first-order valence-corrected chi connectivity index (χ1v) is 12.5. The molecular weight excluding hydrogens is 426 g/mol. The second-order valence-corrected chi connectivity index (χ2v) is 10.5. The minimum atomic E-state index is -3.76. The van der Waals surface area contributed by atoms with Crippen LogP contribution in [0.4, 0.5) is 11.4 Å².